The summed E-state index contributed by atoms with van der Waals surface area (Å²) in [6, 6.07) is 32.2. The Morgan fingerprint density at radius 1 is 0.520 bits per heavy atom. The van der Waals surface area contributed by atoms with Gasteiger partial charge in [-0.3, -0.25) is 4.98 Å². The van der Waals surface area contributed by atoms with Gasteiger partial charge in [-0.1, -0.05) is 84.9 Å². The van der Waals surface area contributed by atoms with Crippen LogP contribution in [0.3, 0.4) is 0 Å². The molecule has 0 spiro atoms. The van der Waals surface area contributed by atoms with Crippen molar-refractivity contribution in [2.75, 3.05) is 0 Å². The number of aromatic nitrogens is 1. The monoisotopic (exact) mass is 319 g/mol. The maximum absolute atomic E-state index is 4.74. The minimum absolute atomic E-state index is 0.233. The molecule has 1 nitrogen and oxygen atoms in total. The third-order valence-corrected chi connectivity index (χ3v) is 5.03. The highest BCUT2D eigenvalue weighted by Crippen LogP contribution is 2.49. The summed E-state index contributed by atoms with van der Waals surface area (Å²) in [6.07, 6.45) is 1.89. The minimum Gasteiger partial charge on any atom is -0.256 e. The number of nitrogens with zero attached hydrogens (tertiary/aromatic N) is 1. The zero-order valence-corrected chi connectivity index (χ0v) is 13.8. The van der Waals surface area contributed by atoms with E-state index in [2.05, 4.69) is 78.9 Å². The van der Waals surface area contributed by atoms with Crippen LogP contribution in [-0.2, 0) is 0 Å². The summed E-state index contributed by atoms with van der Waals surface area (Å²) in [7, 11) is 0. The van der Waals surface area contributed by atoms with E-state index < -0.39 is 0 Å². The van der Waals surface area contributed by atoms with Crippen LogP contribution in [0.25, 0.3) is 22.4 Å². The summed E-state index contributed by atoms with van der Waals surface area (Å²) in [4.78, 5) is 4.74. The first-order valence-corrected chi connectivity index (χ1v) is 8.62. The fourth-order valence-electron chi connectivity index (χ4n) is 3.98. The van der Waals surface area contributed by atoms with Crippen molar-refractivity contribution in [2.45, 2.75) is 5.92 Å². The first-order valence-electron chi connectivity index (χ1n) is 8.62. The van der Waals surface area contributed by atoms with Crippen molar-refractivity contribution in [1.29, 1.82) is 0 Å². The lowest BCUT2D eigenvalue weighted by Gasteiger charge is -2.18. The van der Waals surface area contributed by atoms with Gasteiger partial charge in [-0.25, -0.2) is 0 Å². The number of rotatable bonds is 2. The van der Waals surface area contributed by atoms with Gasteiger partial charge < -0.3 is 0 Å². The summed E-state index contributed by atoms with van der Waals surface area (Å²) in [5.74, 6) is 0.233. The first kappa shape index (κ1) is 14.2. The molecule has 1 heteroatoms. The van der Waals surface area contributed by atoms with Crippen LogP contribution in [0.1, 0.15) is 22.6 Å². The zero-order chi connectivity index (χ0) is 16.6. The molecule has 0 unspecified atom stereocenters. The molecular weight excluding hydrogens is 302 g/mol. The van der Waals surface area contributed by atoms with Crippen molar-refractivity contribution >= 4 is 0 Å². The quantitative estimate of drug-likeness (QED) is 0.394. The Hall–Kier alpha value is -3.19. The second kappa shape index (κ2) is 5.71. The molecule has 1 aliphatic rings. The summed E-state index contributed by atoms with van der Waals surface area (Å²) < 4.78 is 0. The third-order valence-electron chi connectivity index (χ3n) is 5.03. The molecule has 0 bridgehead atoms. The van der Waals surface area contributed by atoms with Gasteiger partial charge in [0.25, 0.3) is 0 Å². The van der Waals surface area contributed by atoms with E-state index in [4.69, 9.17) is 4.98 Å². The van der Waals surface area contributed by atoms with Gasteiger partial charge in [-0.15, -0.1) is 0 Å². The molecule has 0 atom stereocenters. The second-order valence-corrected chi connectivity index (χ2v) is 6.41. The predicted molar refractivity (Wildman–Crippen MR) is 102 cm³/mol. The molecule has 0 fully saturated rings. The number of hydrogen-bond donors (Lipinski definition) is 0. The van der Waals surface area contributed by atoms with Gasteiger partial charge in [0.1, 0.15) is 0 Å². The largest absolute Gasteiger partial charge is 0.256 e. The number of fused-ring (bicyclic) bond motifs is 3. The average molecular weight is 319 g/mol. The molecule has 1 aliphatic carbocycles. The van der Waals surface area contributed by atoms with E-state index >= 15 is 0 Å². The van der Waals surface area contributed by atoms with Crippen molar-refractivity contribution in [2.24, 2.45) is 0 Å². The Morgan fingerprint density at radius 3 is 1.76 bits per heavy atom. The molecule has 1 aromatic heterocycles. The fraction of sp³-hybridized carbons (Fsp3) is 0.0417. The number of pyridine rings is 1. The molecule has 0 aliphatic heterocycles. The van der Waals surface area contributed by atoms with E-state index in [0.29, 0.717) is 0 Å². The van der Waals surface area contributed by atoms with E-state index in [1.807, 2.05) is 18.3 Å². The molecule has 0 saturated heterocycles. The Morgan fingerprint density at radius 2 is 1.08 bits per heavy atom. The molecule has 0 radical (unpaired) electrons. The summed E-state index contributed by atoms with van der Waals surface area (Å²) in [5.41, 5.74) is 8.92. The van der Waals surface area contributed by atoms with Crippen LogP contribution in [0, 0.1) is 0 Å². The Balaban J connectivity index is 1.78. The molecule has 118 valence electrons. The molecule has 5 rings (SSSR count). The Kier molecular flexibility index (Phi) is 3.24. The van der Waals surface area contributed by atoms with Gasteiger partial charge in [0.2, 0.25) is 0 Å². The van der Waals surface area contributed by atoms with Crippen molar-refractivity contribution in [3.05, 3.63) is 114 Å². The first-order chi connectivity index (χ1) is 12.4. The third kappa shape index (κ3) is 2.20. The zero-order valence-electron chi connectivity index (χ0n) is 13.8. The fourth-order valence-corrected chi connectivity index (χ4v) is 3.98. The standard InChI is InChI=1S/C24H17N/c1-2-9-17(10-3-1)24-22(15-8-16-25-24)23-20-13-6-4-11-18(20)19-12-5-7-14-21(19)23/h1-16,23H. The summed E-state index contributed by atoms with van der Waals surface area (Å²) in [5, 5.41) is 0. The Bertz CT molecular complexity index is 1000. The molecule has 0 N–H and O–H groups in total. The van der Waals surface area contributed by atoms with E-state index in [-0.39, 0.29) is 5.92 Å². The minimum atomic E-state index is 0.233. The Labute approximate surface area is 147 Å². The van der Waals surface area contributed by atoms with Crippen molar-refractivity contribution in [3.63, 3.8) is 0 Å². The van der Waals surface area contributed by atoms with Crippen LogP contribution in [0.2, 0.25) is 0 Å². The van der Waals surface area contributed by atoms with Crippen LogP contribution >= 0.6 is 0 Å². The lowest BCUT2D eigenvalue weighted by Crippen LogP contribution is -2.03. The molecule has 3 aromatic carbocycles. The van der Waals surface area contributed by atoms with Crippen LogP contribution in [0.5, 0.6) is 0 Å². The lowest BCUT2D eigenvalue weighted by molar-refractivity contribution is 1.00. The van der Waals surface area contributed by atoms with Gasteiger partial charge in [-0.05, 0) is 33.9 Å². The molecule has 1 heterocycles. The SMILES string of the molecule is c1ccc(-c2ncccc2C2c3ccccc3-c3ccccc32)cc1. The smallest absolute Gasteiger partial charge is 0.0743 e. The van der Waals surface area contributed by atoms with E-state index in [9.17, 15) is 0 Å². The molecule has 25 heavy (non-hydrogen) atoms. The van der Waals surface area contributed by atoms with Gasteiger partial charge in [-0.2, -0.15) is 0 Å². The molecule has 0 saturated carbocycles. The number of benzene rings is 3. The highest BCUT2D eigenvalue weighted by molar-refractivity contribution is 5.82. The summed E-state index contributed by atoms with van der Waals surface area (Å²) in [6.45, 7) is 0. The molecule has 4 aromatic rings. The maximum Gasteiger partial charge on any atom is 0.0743 e. The van der Waals surface area contributed by atoms with Crippen molar-refractivity contribution in [1.82, 2.24) is 4.98 Å². The van der Waals surface area contributed by atoms with Crippen LogP contribution in [-0.4, -0.2) is 4.98 Å². The van der Waals surface area contributed by atoms with Gasteiger partial charge in [0.05, 0.1) is 5.69 Å². The average Bonchev–Trinajstić information content (AvgIpc) is 3.03. The van der Waals surface area contributed by atoms with Crippen molar-refractivity contribution in [3.8, 4) is 22.4 Å². The topological polar surface area (TPSA) is 12.9 Å². The molecular formula is C24H17N. The van der Waals surface area contributed by atoms with E-state index in [0.717, 1.165) is 5.69 Å². The van der Waals surface area contributed by atoms with E-state index in [1.54, 1.807) is 0 Å². The van der Waals surface area contributed by atoms with Crippen LogP contribution in [0.15, 0.2) is 97.2 Å². The van der Waals surface area contributed by atoms with Gasteiger partial charge >= 0.3 is 0 Å². The maximum atomic E-state index is 4.74. The van der Waals surface area contributed by atoms with Gasteiger partial charge in [0, 0.05) is 17.7 Å². The van der Waals surface area contributed by atoms with Gasteiger partial charge in [0.15, 0.2) is 0 Å². The predicted octanol–water partition coefficient (Wildman–Crippen LogP) is 5.91. The number of hydrogen-bond acceptors (Lipinski definition) is 1. The highest BCUT2D eigenvalue weighted by Gasteiger charge is 2.31. The van der Waals surface area contributed by atoms with E-state index in [1.165, 1.54) is 33.4 Å². The highest BCUT2D eigenvalue weighted by atomic mass is 14.7. The lowest BCUT2D eigenvalue weighted by atomic mass is 9.87. The van der Waals surface area contributed by atoms with Crippen molar-refractivity contribution < 1.29 is 0 Å². The molecule has 0 amide bonds. The second-order valence-electron chi connectivity index (χ2n) is 6.41. The van der Waals surface area contributed by atoms with Crippen LogP contribution < -0.4 is 0 Å². The summed E-state index contributed by atoms with van der Waals surface area (Å²) >= 11 is 0. The van der Waals surface area contributed by atoms with Crippen LogP contribution in [0.4, 0.5) is 0 Å². The normalized spacial score (nSPS) is 12.6.